The fourth-order valence-corrected chi connectivity index (χ4v) is 1.60. The van der Waals surface area contributed by atoms with Gasteiger partial charge in [0, 0.05) is 0 Å². The van der Waals surface area contributed by atoms with Gasteiger partial charge >= 0.3 is 0 Å². The summed E-state index contributed by atoms with van der Waals surface area (Å²) in [6, 6.07) is 0. The summed E-state index contributed by atoms with van der Waals surface area (Å²) in [7, 11) is 0. The monoisotopic (exact) mass is 262 g/mol. The zero-order chi connectivity index (χ0) is 8.58. The minimum atomic E-state index is -1.64. The molecule has 0 aromatic heterocycles. The second kappa shape index (κ2) is 3.64. The first-order valence-electron chi connectivity index (χ1n) is 2.24. The first kappa shape index (κ1) is 11.7. The molecule has 1 atom stereocenters. The quantitative estimate of drug-likeness (QED) is 0.624. The Morgan fingerprint density at radius 1 is 1.00 bits per heavy atom. The van der Waals surface area contributed by atoms with Crippen LogP contribution in [0.5, 0.6) is 0 Å². The van der Waals surface area contributed by atoms with E-state index < -0.39 is 13.5 Å². The van der Waals surface area contributed by atoms with Gasteiger partial charge in [0.2, 0.25) is 3.79 Å². The third-order valence-electron chi connectivity index (χ3n) is 0.732. The number of halogens is 6. The van der Waals surface area contributed by atoms with Crippen LogP contribution in [0.15, 0.2) is 0 Å². The van der Waals surface area contributed by atoms with E-state index in [9.17, 15) is 0 Å². The van der Waals surface area contributed by atoms with E-state index >= 15 is 0 Å². The number of alkyl halides is 6. The van der Waals surface area contributed by atoms with Gasteiger partial charge in [-0.25, -0.2) is 0 Å². The molecule has 0 rings (SSSR count). The molecule has 0 aromatic carbocycles. The molecule has 0 saturated heterocycles. The molecule has 62 valence electrons. The Labute approximate surface area is 89.7 Å². The van der Waals surface area contributed by atoms with Crippen LogP contribution < -0.4 is 0 Å². The molecule has 0 fully saturated rings. The van der Waals surface area contributed by atoms with Crippen molar-refractivity contribution in [2.45, 2.75) is 20.4 Å². The van der Waals surface area contributed by atoms with Gasteiger partial charge in [0.1, 0.15) is 9.71 Å². The van der Waals surface area contributed by atoms with Crippen LogP contribution in [0.2, 0.25) is 0 Å². The minimum Gasteiger partial charge on any atom is -0.115 e. The van der Waals surface area contributed by atoms with Crippen molar-refractivity contribution < 1.29 is 0 Å². The Bertz CT molecular complexity index is 93.9. The van der Waals surface area contributed by atoms with E-state index in [0.717, 1.165) is 0 Å². The fraction of sp³-hybridized carbons (Fsp3) is 1.00. The summed E-state index contributed by atoms with van der Waals surface area (Å²) in [5.74, 6) is 0. The first-order chi connectivity index (χ1) is 4.15. The van der Waals surface area contributed by atoms with Gasteiger partial charge in [0.05, 0.1) is 0 Å². The zero-order valence-electron chi connectivity index (χ0n) is 4.85. The van der Waals surface area contributed by atoms with Crippen LogP contribution in [0.25, 0.3) is 0 Å². The Hall–Kier alpha value is 1.74. The second-order valence-corrected chi connectivity index (χ2v) is 6.43. The lowest BCUT2D eigenvalue weighted by Crippen LogP contribution is -2.34. The highest BCUT2D eigenvalue weighted by molar-refractivity contribution is 6.71. The van der Waals surface area contributed by atoms with E-state index in [4.69, 9.17) is 69.6 Å². The lowest BCUT2D eigenvalue weighted by atomic mass is 10.3. The predicted molar refractivity (Wildman–Crippen MR) is 50.0 cm³/mol. The fourth-order valence-electron chi connectivity index (χ4n) is 0.287. The van der Waals surface area contributed by atoms with E-state index in [-0.39, 0.29) is 0 Å². The third kappa shape index (κ3) is 3.94. The lowest BCUT2D eigenvalue weighted by molar-refractivity contribution is 0.779. The van der Waals surface area contributed by atoms with Gasteiger partial charge in [-0.2, -0.15) is 0 Å². The molecular weight excluding hydrogens is 261 g/mol. The Kier molecular flexibility index (Phi) is 4.27. The lowest BCUT2D eigenvalue weighted by Gasteiger charge is -2.26. The Balaban J connectivity index is 4.23. The second-order valence-electron chi connectivity index (χ2n) is 1.86. The molecule has 0 nitrogen and oxygen atoms in total. The van der Waals surface area contributed by atoms with Crippen molar-refractivity contribution in [3.8, 4) is 0 Å². The van der Waals surface area contributed by atoms with Crippen LogP contribution >= 0.6 is 69.6 Å². The normalized spacial score (nSPS) is 17.1. The van der Waals surface area contributed by atoms with Crippen molar-refractivity contribution in [3.05, 3.63) is 0 Å². The summed E-state index contributed by atoms with van der Waals surface area (Å²) in [5.41, 5.74) is 0. The topological polar surface area (TPSA) is 0 Å². The van der Waals surface area contributed by atoms with Crippen LogP contribution in [0.3, 0.4) is 0 Å². The van der Waals surface area contributed by atoms with Crippen LogP contribution in [0.4, 0.5) is 0 Å². The first-order valence-corrected chi connectivity index (χ1v) is 4.57. The summed E-state index contributed by atoms with van der Waals surface area (Å²) in [6.07, 6.45) is 0. The van der Waals surface area contributed by atoms with Crippen molar-refractivity contribution >= 4 is 69.6 Å². The van der Waals surface area contributed by atoms with E-state index in [1.165, 1.54) is 6.92 Å². The molecule has 0 aliphatic rings. The molecule has 6 heteroatoms. The number of rotatable bonds is 1. The van der Waals surface area contributed by atoms with Gasteiger partial charge in [0.25, 0.3) is 0 Å². The summed E-state index contributed by atoms with van der Waals surface area (Å²) < 4.78 is -2.88. The molecule has 10 heavy (non-hydrogen) atoms. The molecule has 0 heterocycles. The summed E-state index contributed by atoms with van der Waals surface area (Å²) in [5, 5.41) is -0.937. The summed E-state index contributed by atoms with van der Waals surface area (Å²) in [4.78, 5) is 0. The Morgan fingerprint density at radius 3 is 1.30 bits per heavy atom. The summed E-state index contributed by atoms with van der Waals surface area (Å²) in [6.45, 7) is 1.45. The van der Waals surface area contributed by atoms with Gasteiger partial charge < -0.3 is 0 Å². The van der Waals surface area contributed by atoms with Crippen molar-refractivity contribution in [1.82, 2.24) is 0 Å². The molecule has 0 spiro atoms. The molecule has 0 saturated carbocycles. The molecule has 0 aromatic rings. The van der Waals surface area contributed by atoms with Crippen LogP contribution in [-0.4, -0.2) is 13.5 Å². The van der Waals surface area contributed by atoms with Crippen LogP contribution in [-0.2, 0) is 0 Å². The summed E-state index contributed by atoms with van der Waals surface area (Å²) >= 11 is 32.9. The zero-order valence-corrected chi connectivity index (χ0v) is 9.38. The van der Waals surface area contributed by atoms with Crippen LogP contribution in [0.1, 0.15) is 6.92 Å². The highest BCUT2D eigenvalue weighted by Crippen LogP contribution is 2.43. The molecule has 0 amide bonds. The van der Waals surface area contributed by atoms with Gasteiger partial charge in [-0.05, 0) is 6.92 Å². The van der Waals surface area contributed by atoms with E-state index in [2.05, 4.69) is 0 Å². The van der Waals surface area contributed by atoms with Gasteiger partial charge in [0.15, 0.2) is 0 Å². The maximum atomic E-state index is 5.57. The maximum absolute atomic E-state index is 5.57. The van der Waals surface area contributed by atoms with Crippen molar-refractivity contribution in [2.75, 3.05) is 0 Å². The number of hydrogen-bond acceptors (Lipinski definition) is 0. The molecule has 1 unspecified atom stereocenters. The van der Waals surface area contributed by atoms with E-state index in [1.54, 1.807) is 0 Å². The third-order valence-corrected chi connectivity index (χ3v) is 3.15. The molecular formula is C4H4Cl6. The maximum Gasteiger partial charge on any atom is 0.209 e. The molecule has 0 aliphatic heterocycles. The minimum absolute atomic E-state index is 0.937. The van der Waals surface area contributed by atoms with E-state index in [0.29, 0.717) is 0 Å². The van der Waals surface area contributed by atoms with Crippen molar-refractivity contribution in [1.29, 1.82) is 0 Å². The van der Waals surface area contributed by atoms with E-state index in [1.807, 2.05) is 0 Å². The largest absolute Gasteiger partial charge is 0.209 e. The van der Waals surface area contributed by atoms with Gasteiger partial charge in [-0.1, -0.05) is 34.8 Å². The predicted octanol–water partition coefficient (Wildman–Crippen LogP) is 4.16. The molecule has 0 bridgehead atoms. The molecule has 0 radical (unpaired) electrons. The SMILES string of the molecule is CC(Cl)(Cl)C(Cl)C(Cl)(Cl)Cl. The highest BCUT2D eigenvalue weighted by atomic mass is 35.6. The van der Waals surface area contributed by atoms with Crippen molar-refractivity contribution in [3.63, 3.8) is 0 Å². The number of hydrogen-bond donors (Lipinski definition) is 0. The average molecular weight is 265 g/mol. The van der Waals surface area contributed by atoms with Gasteiger partial charge in [-0.15, -0.1) is 34.8 Å². The van der Waals surface area contributed by atoms with Crippen LogP contribution in [0, 0.1) is 0 Å². The molecule has 0 aliphatic carbocycles. The average Bonchev–Trinajstić information content (AvgIpc) is 1.59. The smallest absolute Gasteiger partial charge is 0.115 e. The van der Waals surface area contributed by atoms with Crippen molar-refractivity contribution in [2.24, 2.45) is 0 Å². The highest BCUT2D eigenvalue weighted by Gasteiger charge is 2.42. The Morgan fingerprint density at radius 2 is 1.30 bits per heavy atom. The molecule has 0 N–H and O–H groups in total. The van der Waals surface area contributed by atoms with Gasteiger partial charge in [-0.3, -0.25) is 0 Å². The standard InChI is InChI=1S/C4H4Cl6/c1-3(6,7)2(5)4(8,9)10/h2H,1H3.